The summed E-state index contributed by atoms with van der Waals surface area (Å²) in [5, 5.41) is 6.45. The molecular formula is C18H22N2O2S. The summed E-state index contributed by atoms with van der Waals surface area (Å²) in [6, 6.07) is 7.64. The van der Waals surface area contributed by atoms with Crippen LogP contribution in [0.5, 0.6) is 0 Å². The lowest BCUT2D eigenvalue weighted by molar-refractivity contribution is -0.116. The maximum atomic E-state index is 12.7. The van der Waals surface area contributed by atoms with Crippen molar-refractivity contribution in [3.8, 4) is 0 Å². The minimum absolute atomic E-state index is 0.0568. The van der Waals surface area contributed by atoms with Crippen molar-refractivity contribution in [1.29, 1.82) is 0 Å². The van der Waals surface area contributed by atoms with Gasteiger partial charge in [-0.05, 0) is 44.4 Å². The van der Waals surface area contributed by atoms with Crippen molar-refractivity contribution in [2.24, 2.45) is 0 Å². The molecule has 5 heteroatoms. The van der Waals surface area contributed by atoms with E-state index >= 15 is 0 Å². The highest BCUT2D eigenvalue weighted by molar-refractivity contribution is 7.16. The third-order valence-corrected chi connectivity index (χ3v) is 4.86. The van der Waals surface area contributed by atoms with E-state index in [9.17, 15) is 9.59 Å². The molecule has 0 aliphatic carbocycles. The molecule has 122 valence electrons. The first-order valence-corrected chi connectivity index (χ1v) is 8.52. The third-order valence-electron chi connectivity index (χ3n) is 3.74. The molecule has 0 radical (unpaired) electrons. The van der Waals surface area contributed by atoms with Gasteiger partial charge in [0.1, 0.15) is 5.00 Å². The fourth-order valence-corrected chi connectivity index (χ4v) is 3.38. The zero-order valence-electron chi connectivity index (χ0n) is 13.9. The van der Waals surface area contributed by atoms with Gasteiger partial charge in [0, 0.05) is 17.0 Å². The number of hydrogen-bond acceptors (Lipinski definition) is 3. The second-order valence-electron chi connectivity index (χ2n) is 5.55. The van der Waals surface area contributed by atoms with Crippen molar-refractivity contribution in [1.82, 2.24) is 0 Å². The third kappa shape index (κ3) is 3.99. The number of benzene rings is 1. The molecule has 0 fully saturated rings. The Hall–Kier alpha value is -2.14. The number of hydrogen-bond donors (Lipinski definition) is 2. The monoisotopic (exact) mass is 330 g/mol. The summed E-state index contributed by atoms with van der Waals surface area (Å²) in [7, 11) is 0. The van der Waals surface area contributed by atoms with E-state index in [4.69, 9.17) is 0 Å². The van der Waals surface area contributed by atoms with Gasteiger partial charge in [0.15, 0.2) is 0 Å². The van der Waals surface area contributed by atoms with Crippen LogP contribution in [-0.4, -0.2) is 11.8 Å². The average Bonchev–Trinajstić information content (AvgIpc) is 2.76. The highest BCUT2D eigenvalue weighted by Crippen LogP contribution is 2.33. The molecule has 23 heavy (non-hydrogen) atoms. The largest absolute Gasteiger partial charge is 0.322 e. The lowest BCUT2D eigenvalue weighted by Crippen LogP contribution is -2.17. The maximum absolute atomic E-state index is 12.7. The fourth-order valence-electron chi connectivity index (χ4n) is 2.30. The van der Waals surface area contributed by atoms with Crippen LogP contribution in [0.3, 0.4) is 0 Å². The molecule has 1 aromatic carbocycles. The van der Waals surface area contributed by atoms with Gasteiger partial charge in [-0.3, -0.25) is 9.59 Å². The van der Waals surface area contributed by atoms with E-state index in [1.54, 1.807) is 0 Å². The number of thiophene rings is 1. The van der Waals surface area contributed by atoms with Gasteiger partial charge in [-0.15, -0.1) is 11.3 Å². The zero-order valence-corrected chi connectivity index (χ0v) is 14.8. The van der Waals surface area contributed by atoms with Crippen LogP contribution in [0, 0.1) is 20.8 Å². The van der Waals surface area contributed by atoms with Gasteiger partial charge in [-0.1, -0.05) is 25.1 Å². The van der Waals surface area contributed by atoms with Crippen LogP contribution >= 0.6 is 11.3 Å². The van der Waals surface area contributed by atoms with Crippen molar-refractivity contribution in [3.63, 3.8) is 0 Å². The Morgan fingerprint density at radius 3 is 2.43 bits per heavy atom. The highest BCUT2D eigenvalue weighted by Gasteiger charge is 2.21. The van der Waals surface area contributed by atoms with Crippen LogP contribution in [0.4, 0.5) is 10.7 Å². The molecule has 0 atom stereocenters. The van der Waals surface area contributed by atoms with E-state index in [0.29, 0.717) is 17.0 Å². The van der Waals surface area contributed by atoms with Crippen LogP contribution in [0.25, 0.3) is 0 Å². The van der Waals surface area contributed by atoms with E-state index in [1.165, 1.54) is 11.3 Å². The highest BCUT2D eigenvalue weighted by atomic mass is 32.1. The Morgan fingerprint density at radius 2 is 1.78 bits per heavy atom. The van der Waals surface area contributed by atoms with E-state index < -0.39 is 0 Å². The van der Waals surface area contributed by atoms with Gasteiger partial charge in [0.05, 0.1) is 5.56 Å². The zero-order chi connectivity index (χ0) is 17.0. The normalized spacial score (nSPS) is 10.4. The Balaban J connectivity index is 2.29. The number of para-hydroxylation sites is 1. The minimum atomic E-state index is -0.187. The van der Waals surface area contributed by atoms with Crippen LogP contribution in [0.1, 0.15) is 46.1 Å². The van der Waals surface area contributed by atoms with Crippen LogP contribution in [0.15, 0.2) is 24.3 Å². The van der Waals surface area contributed by atoms with Crippen molar-refractivity contribution < 1.29 is 9.59 Å². The van der Waals surface area contributed by atoms with E-state index in [-0.39, 0.29) is 11.8 Å². The van der Waals surface area contributed by atoms with E-state index in [1.807, 2.05) is 52.0 Å². The fraction of sp³-hybridized carbons (Fsp3) is 0.333. The molecule has 0 aliphatic heterocycles. The Bertz CT molecular complexity index is 735. The first-order chi connectivity index (χ1) is 10.9. The summed E-state index contributed by atoms with van der Waals surface area (Å²) < 4.78 is 0. The van der Waals surface area contributed by atoms with Gasteiger partial charge >= 0.3 is 0 Å². The molecule has 0 spiro atoms. The Labute approximate surface area is 140 Å². The lowest BCUT2D eigenvalue weighted by atomic mass is 10.1. The van der Waals surface area contributed by atoms with Gasteiger partial charge in [-0.2, -0.15) is 0 Å². The van der Waals surface area contributed by atoms with E-state index in [2.05, 4.69) is 10.6 Å². The van der Waals surface area contributed by atoms with Gasteiger partial charge < -0.3 is 10.6 Å². The number of carbonyl (C=O) groups is 2. The first-order valence-electron chi connectivity index (χ1n) is 7.70. The molecule has 2 N–H and O–H groups in total. The molecular weight excluding hydrogens is 308 g/mol. The summed E-state index contributed by atoms with van der Waals surface area (Å²) in [6.45, 7) is 7.77. The number of nitrogens with one attached hydrogen (secondary N) is 2. The molecule has 2 rings (SSSR count). The van der Waals surface area contributed by atoms with Crippen molar-refractivity contribution in [2.75, 3.05) is 10.6 Å². The number of aryl methyl sites for hydroxylation is 2. The second-order valence-corrected chi connectivity index (χ2v) is 6.78. The predicted molar refractivity (Wildman–Crippen MR) is 96.5 cm³/mol. The average molecular weight is 330 g/mol. The lowest BCUT2D eigenvalue weighted by Gasteiger charge is -2.10. The van der Waals surface area contributed by atoms with Crippen molar-refractivity contribution >= 4 is 33.8 Å². The summed E-state index contributed by atoms with van der Waals surface area (Å²) in [5.74, 6) is -0.244. The summed E-state index contributed by atoms with van der Waals surface area (Å²) >= 11 is 1.45. The smallest absolute Gasteiger partial charge is 0.258 e. The maximum Gasteiger partial charge on any atom is 0.258 e. The van der Waals surface area contributed by atoms with Crippen LogP contribution < -0.4 is 10.6 Å². The minimum Gasteiger partial charge on any atom is -0.322 e. The Morgan fingerprint density at radius 1 is 1.09 bits per heavy atom. The first kappa shape index (κ1) is 17.2. The number of anilines is 2. The number of rotatable bonds is 5. The van der Waals surface area contributed by atoms with E-state index in [0.717, 1.165) is 28.1 Å². The number of carbonyl (C=O) groups excluding carboxylic acids is 2. The van der Waals surface area contributed by atoms with Gasteiger partial charge in [-0.25, -0.2) is 0 Å². The van der Waals surface area contributed by atoms with Crippen LogP contribution in [0.2, 0.25) is 0 Å². The molecule has 0 aliphatic rings. The quantitative estimate of drug-likeness (QED) is 0.837. The summed E-state index contributed by atoms with van der Waals surface area (Å²) in [6.07, 6.45) is 1.23. The van der Waals surface area contributed by atoms with Crippen LogP contribution in [-0.2, 0) is 4.79 Å². The summed E-state index contributed by atoms with van der Waals surface area (Å²) in [4.78, 5) is 25.6. The molecule has 2 aromatic rings. The molecule has 2 amide bonds. The molecule has 1 heterocycles. The predicted octanol–water partition coefficient (Wildman–Crippen LogP) is 4.66. The second kappa shape index (κ2) is 7.42. The van der Waals surface area contributed by atoms with Gasteiger partial charge in [0.2, 0.25) is 5.91 Å². The molecule has 4 nitrogen and oxygen atoms in total. The topological polar surface area (TPSA) is 58.2 Å². The molecule has 0 saturated carbocycles. The van der Waals surface area contributed by atoms with Crippen molar-refractivity contribution in [3.05, 3.63) is 45.8 Å². The van der Waals surface area contributed by atoms with Gasteiger partial charge in [0.25, 0.3) is 5.91 Å². The molecule has 0 saturated heterocycles. The number of amides is 2. The molecule has 0 bridgehead atoms. The molecule has 0 unspecified atom stereocenters. The Kier molecular flexibility index (Phi) is 5.55. The molecule has 1 aromatic heterocycles. The standard InChI is InChI=1S/C18H22N2O2S/c1-5-8-15(21)20-18-16(12(3)13(4)23-18)17(22)19-14-10-7-6-9-11(14)2/h6-7,9-10H,5,8H2,1-4H3,(H,19,22)(H,20,21). The van der Waals surface area contributed by atoms with Crippen molar-refractivity contribution in [2.45, 2.75) is 40.5 Å². The SMILES string of the molecule is CCCC(=O)Nc1sc(C)c(C)c1C(=O)Nc1ccccc1C. The summed E-state index contributed by atoms with van der Waals surface area (Å²) in [5.41, 5.74) is 3.25.